The average Bonchev–Trinajstić information content (AvgIpc) is 3.00. The van der Waals surface area contributed by atoms with E-state index in [2.05, 4.69) is 5.32 Å². The Labute approximate surface area is 126 Å². The van der Waals surface area contributed by atoms with Gasteiger partial charge in [-0.15, -0.1) is 0 Å². The lowest BCUT2D eigenvalue weighted by Gasteiger charge is -2.42. The van der Waals surface area contributed by atoms with Gasteiger partial charge < -0.3 is 10.1 Å². The smallest absolute Gasteiger partial charge is 0.318 e. The molecular weight excluding hydrogens is 280 g/mol. The lowest BCUT2D eigenvalue weighted by atomic mass is 9.90. The number of nitrogens with one attached hydrogen (secondary N) is 1. The minimum Gasteiger partial charge on any atom is -0.461 e. The molecule has 1 N–H and O–H groups in total. The Morgan fingerprint density at radius 3 is 2.77 bits per heavy atom. The molecule has 108 valence electrons. The second-order valence-corrected chi connectivity index (χ2v) is 5.83. The number of hydrogen-bond donors (Lipinski definition) is 1. The molecule has 2 atom stereocenters. The van der Waals surface area contributed by atoms with Crippen LogP contribution in [0.1, 0.15) is 21.8 Å². The van der Waals surface area contributed by atoms with Crippen LogP contribution in [0.25, 0.3) is 0 Å². The molecular formula is C17H12N2O3. The summed E-state index contributed by atoms with van der Waals surface area (Å²) >= 11 is 0. The van der Waals surface area contributed by atoms with E-state index in [1.807, 2.05) is 42.5 Å². The number of anilines is 2. The number of benzene rings is 2. The summed E-state index contributed by atoms with van der Waals surface area (Å²) in [4.78, 5) is 27.0. The first-order valence-corrected chi connectivity index (χ1v) is 7.20. The first-order chi connectivity index (χ1) is 10.7. The van der Waals surface area contributed by atoms with E-state index in [1.54, 1.807) is 11.0 Å². The molecule has 1 amide bonds. The summed E-state index contributed by atoms with van der Waals surface area (Å²) in [5, 5.41) is 3.40. The van der Waals surface area contributed by atoms with Crippen molar-refractivity contribution in [1.82, 2.24) is 0 Å². The molecule has 0 unspecified atom stereocenters. The monoisotopic (exact) mass is 292 g/mol. The first-order valence-electron chi connectivity index (χ1n) is 7.20. The van der Waals surface area contributed by atoms with E-state index in [0.29, 0.717) is 5.56 Å². The van der Waals surface area contributed by atoms with Gasteiger partial charge in [-0.05, 0) is 23.8 Å². The molecule has 2 aromatic carbocycles. The van der Waals surface area contributed by atoms with E-state index in [4.69, 9.17) is 4.74 Å². The predicted molar refractivity (Wildman–Crippen MR) is 79.7 cm³/mol. The summed E-state index contributed by atoms with van der Waals surface area (Å²) in [5.74, 6) is -0.863. The van der Waals surface area contributed by atoms with Crippen LogP contribution in [0.15, 0.2) is 48.5 Å². The minimum absolute atomic E-state index is 0.0948. The normalized spacial score (nSPS) is 27.5. The number of cyclic esters (lactones) is 1. The van der Waals surface area contributed by atoms with E-state index in [1.165, 1.54) is 0 Å². The molecule has 1 spiro atoms. The van der Waals surface area contributed by atoms with Gasteiger partial charge in [-0.25, -0.2) is 0 Å². The van der Waals surface area contributed by atoms with Crippen LogP contribution in [0.2, 0.25) is 0 Å². The Morgan fingerprint density at radius 1 is 1.09 bits per heavy atom. The van der Waals surface area contributed by atoms with Crippen molar-refractivity contribution in [3.05, 3.63) is 59.7 Å². The van der Waals surface area contributed by atoms with Gasteiger partial charge in [0.25, 0.3) is 5.91 Å². The number of hydrogen-bond acceptors (Lipinski definition) is 4. The van der Waals surface area contributed by atoms with E-state index in [0.717, 1.165) is 16.9 Å². The van der Waals surface area contributed by atoms with E-state index < -0.39 is 11.6 Å². The lowest BCUT2D eigenvalue weighted by molar-refractivity contribution is -0.139. The third-order valence-corrected chi connectivity index (χ3v) is 4.75. The highest BCUT2D eigenvalue weighted by Gasteiger charge is 2.64. The first kappa shape index (κ1) is 11.8. The van der Waals surface area contributed by atoms with Crippen molar-refractivity contribution in [3.8, 4) is 0 Å². The fraction of sp³-hybridized carbons (Fsp3) is 0.176. The number of para-hydroxylation sites is 2. The molecule has 5 rings (SSSR count). The SMILES string of the molecule is O=C1OC[C@]23Nc4ccccc4C(=O)N2c2ccccc2[C@H]13. The number of rotatable bonds is 0. The molecule has 0 bridgehead atoms. The van der Waals surface area contributed by atoms with Gasteiger partial charge in [-0.2, -0.15) is 0 Å². The van der Waals surface area contributed by atoms with Crippen molar-refractivity contribution < 1.29 is 14.3 Å². The summed E-state index contributed by atoms with van der Waals surface area (Å²) < 4.78 is 5.30. The van der Waals surface area contributed by atoms with Crippen molar-refractivity contribution in [3.63, 3.8) is 0 Å². The van der Waals surface area contributed by atoms with Crippen molar-refractivity contribution >= 4 is 23.3 Å². The molecule has 0 aliphatic carbocycles. The molecule has 22 heavy (non-hydrogen) atoms. The average molecular weight is 292 g/mol. The summed E-state index contributed by atoms with van der Waals surface area (Å²) in [6.07, 6.45) is 0. The topological polar surface area (TPSA) is 58.6 Å². The summed E-state index contributed by atoms with van der Waals surface area (Å²) in [5.41, 5.74) is 2.16. The Hall–Kier alpha value is -2.82. The zero-order valence-corrected chi connectivity index (χ0v) is 11.6. The summed E-state index contributed by atoms with van der Waals surface area (Å²) in [6, 6.07) is 14.9. The van der Waals surface area contributed by atoms with Gasteiger partial charge in [0.1, 0.15) is 12.5 Å². The fourth-order valence-electron chi connectivity index (χ4n) is 3.86. The maximum absolute atomic E-state index is 13.0. The fourth-order valence-corrected chi connectivity index (χ4v) is 3.86. The molecule has 1 fully saturated rings. The number of carbonyl (C=O) groups excluding carboxylic acids is 2. The van der Waals surface area contributed by atoms with Crippen LogP contribution in [0.4, 0.5) is 11.4 Å². The van der Waals surface area contributed by atoms with E-state index in [9.17, 15) is 9.59 Å². The van der Waals surface area contributed by atoms with Gasteiger partial charge >= 0.3 is 5.97 Å². The third kappa shape index (κ3) is 1.16. The number of esters is 1. The zero-order valence-electron chi connectivity index (χ0n) is 11.6. The maximum atomic E-state index is 13.0. The molecule has 3 heterocycles. The molecule has 0 saturated carbocycles. The Kier molecular flexibility index (Phi) is 1.97. The molecule has 3 aliphatic heterocycles. The number of fused-ring (bicyclic) bond motifs is 4. The van der Waals surface area contributed by atoms with Crippen LogP contribution < -0.4 is 10.2 Å². The highest BCUT2D eigenvalue weighted by atomic mass is 16.5. The molecule has 0 aromatic heterocycles. The quantitative estimate of drug-likeness (QED) is 0.756. The molecule has 1 saturated heterocycles. The van der Waals surface area contributed by atoms with Crippen molar-refractivity contribution in [1.29, 1.82) is 0 Å². The zero-order chi connectivity index (χ0) is 14.9. The van der Waals surface area contributed by atoms with Gasteiger partial charge in [-0.1, -0.05) is 30.3 Å². The van der Waals surface area contributed by atoms with Crippen LogP contribution in [-0.2, 0) is 9.53 Å². The molecule has 2 aromatic rings. The highest BCUT2D eigenvalue weighted by molar-refractivity contribution is 6.16. The van der Waals surface area contributed by atoms with Gasteiger partial charge in [0.05, 0.1) is 11.3 Å². The number of carbonyl (C=O) groups is 2. The van der Waals surface area contributed by atoms with Gasteiger partial charge in [0.15, 0.2) is 5.66 Å². The minimum atomic E-state index is -0.841. The Morgan fingerprint density at radius 2 is 1.86 bits per heavy atom. The van der Waals surface area contributed by atoms with Gasteiger partial charge in [0, 0.05) is 5.69 Å². The second-order valence-electron chi connectivity index (χ2n) is 5.83. The van der Waals surface area contributed by atoms with Crippen LogP contribution in [0, 0.1) is 0 Å². The van der Waals surface area contributed by atoms with Crippen molar-refractivity contribution in [2.24, 2.45) is 0 Å². The standard InChI is InChI=1S/C17H12N2O3/c20-15-10-5-1-3-7-12(10)18-17-9-22-16(21)14(17)11-6-2-4-8-13(11)19(15)17/h1-8,14,18H,9H2/t14-,17+/m1/s1. The van der Waals surface area contributed by atoms with Crippen LogP contribution in [-0.4, -0.2) is 24.1 Å². The molecule has 0 radical (unpaired) electrons. The number of amides is 1. The summed E-state index contributed by atoms with van der Waals surface area (Å²) in [7, 11) is 0. The Bertz CT molecular complexity index is 847. The van der Waals surface area contributed by atoms with Crippen molar-refractivity contribution in [2.45, 2.75) is 11.6 Å². The molecule has 5 heteroatoms. The van der Waals surface area contributed by atoms with Gasteiger partial charge in [-0.3, -0.25) is 14.5 Å². The largest absolute Gasteiger partial charge is 0.461 e. The van der Waals surface area contributed by atoms with E-state index in [-0.39, 0.29) is 18.5 Å². The summed E-state index contributed by atoms with van der Waals surface area (Å²) in [6.45, 7) is 0.158. The molecule has 5 nitrogen and oxygen atoms in total. The maximum Gasteiger partial charge on any atom is 0.318 e. The highest BCUT2D eigenvalue weighted by Crippen LogP contribution is 2.54. The Balaban J connectivity index is 1.82. The van der Waals surface area contributed by atoms with Crippen molar-refractivity contribution in [2.75, 3.05) is 16.8 Å². The van der Waals surface area contributed by atoms with Gasteiger partial charge in [0.2, 0.25) is 0 Å². The van der Waals surface area contributed by atoms with Crippen LogP contribution in [0.5, 0.6) is 0 Å². The lowest BCUT2D eigenvalue weighted by Crippen LogP contribution is -2.61. The predicted octanol–water partition coefficient (Wildman–Crippen LogP) is 2.11. The third-order valence-electron chi connectivity index (χ3n) is 4.75. The van der Waals surface area contributed by atoms with Crippen LogP contribution >= 0.6 is 0 Å². The molecule has 3 aliphatic rings. The number of ether oxygens (including phenoxy) is 1. The number of nitrogens with zero attached hydrogens (tertiary/aromatic N) is 1. The second kappa shape index (κ2) is 3.68. The van der Waals surface area contributed by atoms with E-state index >= 15 is 0 Å². The van der Waals surface area contributed by atoms with Crippen LogP contribution in [0.3, 0.4) is 0 Å².